The van der Waals surface area contributed by atoms with Crippen LogP contribution in [-0.4, -0.2) is 19.2 Å². The van der Waals surface area contributed by atoms with Gasteiger partial charge >= 0.3 is 5.97 Å². The first-order valence-electron chi connectivity index (χ1n) is 15.3. The summed E-state index contributed by atoms with van der Waals surface area (Å²) in [5.41, 5.74) is 1.43. The molecule has 0 amide bonds. The van der Waals surface area contributed by atoms with Crippen LogP contribution in [0, 0.1) is 17.5 Å². The summed E-state index contributed by atoms with van der Waals surface area (Å²) in [5, 5.41) is 0. The second-order valence-corrected chi connectivity index (χ2v) is 10.5. The number of rotatable bonds is 19. The topological polar surface area (TPSA) is 44.8 Å². The highest BCUT2D eigenvalue weighted by Crippen LogP contribution is 2.30. The first-order chi connectivity index (χ1) is 20.4. The molecule has 0 spiro atoms. The Kier molecular flexibility index (Phi) is 14.3. The van der Waals surface area contributed by atoms with Gasteiger partial charge in [0.2, 0.25) is 11.6 Å². The lowest BCUT2D eigenvalue weighted by molar-refractivity contribution is 0.0726. The molecule has 0 aromatic heterocycles. The highest BCUT2D eigenvalue weighted by molar-refractivity contribution is 5.91. The van der Waals surface area contributed by atoms with Gasteiger partial charge in [-0.1, -0.05) is 96.3 Å². The van der Waals surface area contributed by atoms with Crippen molar-refractivity contribution in [3.8, 4) is 28.4 Å². The van der Waals surface area contributed by atoms with Gasteiger partial charge in [-0.25, -0.2) is 9.18 Å². The molecule has 3 aromatic carbocycles. The normalized spacial score (nSPS) is 11.0. The van der Waals surface area contributed by atoms with Crippen molar-refractivity contribution in [3.05, 3.63) is 77.6 Å². The highest BCUT2D eigenvalue weighted by Gasteiger charge is 2.19. The zero-order valence-electron chi connectivity index (χ0n) is 24.9. The van der Waals surface area contributed by atoms with Crippen molar-refractivity contribution in [1.82, 2.24) is 0 Å². The number of unbranched alkanes of at least 4 members (excludes halogenated alkanes) is 10. The summed E-state index contributed by atoms with van der Waals surface area (Å²) in [6, 6.07) is 13.4. The molecule has 228 valence electrons. The molecule has 0 aliphatic rings. The van der Waals surface area contributed by atoms with Gasteiger partial charge in [0, 0.05) is 0 Å². The highest BCUT2D eigenvalue weighted by atomic mass is 19.2. The summed E-state index contributed by atoms with van der Waals surface area (Å²) >= 11 is 0. The first kappa shape index (κ1) is 33.0. The molecule has 0 heterocycles. The van der Waals surface area contributed by atoms with E-state index in [1.807, 2.05) is 0 Å². The Hall–Kier alpha value is -3.48. The van der Waals surface area contributed by atoms with Gasteiger partial charge in [0.05, 0.1) is 18.8 Å². The van der Waals surface area contributed by atoms with Gasteiger partial charge in [0.25, 0.3) is 0 Å². The molecule has 0 unspecified atom stereocenters. The zero-order valence-corrected chi connectivity index (χ0v) is 24.9. The predicted octanol–water partition coefficient (Wildman–Crippen LogP) is 10.5. The molecule has 0 saturated carbocycles. The lowest BCUT2D eigenvalue weighted by Gasteiger charge is -2.11. The molecule has 0 fully saturated rings. The van der Waals surface area contributed by atoms with Crippen molar-refractivity contribution in [2.75, 3.05) is 13.2 Å². The van der Waals surface area contributed by atoms with E-state index in [2.05, 4.69) is 13.8 Å². The Balaban J connectivity index is 1.50. The summed E-state index contributed by atoms with van der Waals surface area (Å²) in [4.78, 5) is 12.6. The van der Waals surface area contributed by atoms with Crippen molar-refractivity contribution in [2.24, 2.45) is 0 Å². The maximum absolute atomic E-state index is 14.6. The number of carbonyl (C=O) groups is 1. The Morgan fingerprint density at radius 3 is 1.64 bits per heavy atom. The zero-order chi connectivity index (χ0) is 30.2. The van der Waals surface area contributed by atoms with Crippen molar-refractivity contribution in [2.45, 2.75) is 90.9 Å². The van der Waals surface area contributed by atoms with E-state index in [-0.39, 0.29) is 23.7 Å². The molecular formula is C35H43F3O4. The minimum Gasteiger partial charge on any atom is -0.491 e. The smallest absolute Gasteiger partial charge is 0.343 e. The maximum Gasteiger partial charge on any atom is 0.343 e. The molecule has 0 radical (unpaired) electrons. The Morgan fingerprint density at radius 1 is 0.571 bits per heavy atom. The van der Waals surface area contributed by atoms with Crippen molar-refractivity contribution in [3.63, 3.8) is 0 Å². The molecule has 0 N–H and O–H groups in total. The largest absolute Gasteiger partial charge is 0.491 e. The van der Waals surface area contributed by atoms with E-state index in [4.69, 9.17) is 14.2 Å². The molecule has 0 aliphatic heterocycles. The third-order valence-electron chi connectivity index (χ3n) is 7.11. The van der Waals surface area contributed by atoms with Crippen LogP contribution in [0.2, 0.25) is 0 Å². The van der Waals surface area contributed by atoms with Crippen LogP contribution >= 0.6 is 0 Å². The molecule has 0 aliphatic carbocycles. The quantitative estimate of drug-likeness (QED) is 0.0799. The summed E-state index contributed by atoms with van der Waals surface area (Å²) in [7, 11) is 0. The molecular weight excluding hydrogens is 541 g/mol. The summed E-state index contributed by atoms with van der Waals surface area (Å²) in [6.07, 6.45) is 13.1. The van der Waals surface area contributed by atoms with E-state index < -0.39 is 29.2 Å². The van der Waals surface area contributed by atoms with Crippen LogP contribution in [0.1, 0.15) is 101 Å². The van der Waals surface area contributed by atoms with Gasteiger partial charge < -0.3 is 14.2 Å². The summed E-state index contributed by atoms with van der Waals surface area (Å²) in [6.45, 7) is 5.08. The van der Waals surface area contributed by atoms with Crippen molar-refractivity contribution >= 4 is 5.97 Å². The standard InChI is InChI=1S/C35H43F3O4/c1-3-5-7-9-10-12-14-24-41-31-21-22-32(34(38)33(31)37)42-35(39)27-17-15-26(16-18-27)28-19-20-30(29(36)25-28)40-23-13-11-8-6-4-2/h15-22,25H,3-14,23-24H2,1-2H3. The number of benzene rings is 3. The maximum atomic E-state index is 14.6. The Labute approximate surface area is 248 Å². The molecule has 7 heteroatoms. The fourth-order valence-corrected chi connectivity index (χ4v) is 4.59. The molecule has 42 heavy (non-hydrogen) atoms. The van der Waals surface area contributed by atoms with Gasteiger partial charge in [-0.05, 0) is 60.4 Å². The minimum atomic E-state index is -1.28. The van der Waals surface area contributed by atoms with E-state index in [1.54, 1.807) is 24.3 Å². The number of hydrogen-bond acceptors (Lipinski definition) is 4. The number of esters is 1. The van der Waals surface area contributed by atoms with Crippen molar-refractivity contribution < 1.29 is 32.2 Å². The van der Waals surface area contributed by atoms with Crippen LogP contribution in [-0.2, 0) is 0 Å². The van der Waals surface area contributed by atoms with E-state index in [0.29, 0.717) is 17.7 Å². The lowest BCUT2D eigenvalue weighted by atomic mass is 10.0. The van der Waals surface area contributed by atoms with Crippen molar-refractivity contribution in [1.29, 1.82) is 0 Å². The van der Waals surface area contributed by atoms with Gasteiger partial charge in [-0.3, -0.25) is 0 Å². The van der Waals surface area contributed by atoms with E-state index in [1.165, 1.54) is 68.9 Å². The Bertz CT molecular complexity index is 1240. The minimum absolute atomic E-state index is 0.140. The number of carbonyl (C=O) groups excluding carboxylic acids is 1. The molecule has 4 nitrogen and oxygen atoms in total. The molecule has 0 atom stereocenters. The third-order valence-corrected chi connectivity index (χ3v) is 7.11. The number of ether oxygens (including phenoxy) is 3. The SMILES string of the molecule is CCCCCCCCCOc1ccc(OC(=O)c2ccc(-c3ccc(OCCCCCCC)c(F)c3)cc2)c(F)c1F. The predicted molar refractivity (Wildman–Crippen MR) is 161 cm³/mol. The van der Waals surface area contributed by atoms with Crippen LogP contribution in [0.5, 0.6) is 17.2 Å². The third kappa shape index (κ3) is 10.4. The van der Waals surface area contributed by atoms with Crippen LogP contribution in [0.4, 0.5) is 13.2 Å². The van der Waals surface area contributed by atoms with Crippen LogP contribution in [0.15, 0.2) is 54.6 Å². The van der Waals surface area contributed by atoms with Crippen LogP contribution in [0.25, 0.3) is 11.1 Å². The van der Waals surface area contributed by atoms with Crippen LogP contribution in [0.3, 0.4) is 0 Å². The lowest BCUT2D eigenvalue weighted by Crippen LogP contribution is -2.10. The average molecular weight is 585 g/mol. The summed E-state index contributed by atoms with van der Waals surface area (Å²) in [5.74, 6) is -4.30. The second kappa shape index (κ2) is 18.1. The molecule has 0 saturated heterocycles. The molecule has 0 bridgehead atoms. The van der Waals surface area contributed by atoms with Gasteiger partial charge in [-0.15, -0.1) is 0 Å². The van der Waals surface area contributed by atoms with Gasteiger partial charge in [0.1, 0.15) is 0 Å². The number of hydrogen-bond donors (Lipinski definition) is 0. The van der Waals surface area contributed by atoms with Gasteiger partial charge in [0.15, 0.2) is 23.1 Å². The fourth-order valence-electron chi connectivity index (χ4n) is 4.59. The second-order valence-electron chi connectivity index (χ2n) is 10.5. The van der Waals surface area contributed by atoms with Gasteiger partial charge in [-0.2, -0.15) is 8.78 Å². The number of halogens is 3. The van der Waals surface area contributed by atoms with E-state index in [0.717, 1.165) is 38.5 Å². The monoisotopic (exact) mass is 584 g/mol. The van der Waals surface area contributed by atoms with Crippen LogP contribution < -0.4 is 14.2 Å². The fraction of sp³-hybridized carbons (Fsp3) is 0.457. The van der Waals surface area contributed by atoms with E-state index in [9.17, 15) is 18.0 Å². The first-order valence-corrected chi connectivity index (χ1v) is 15.3. The summed E-state index contributed by atoms with van der Waals surface area (Å²) < 4.78 is 59.8. The molecule has 3 aromatic rings. The molecule has 3 rings (SSSR count). The van der Waals surface area contributed by atoms with E-state index >= 15 is 0 Å². The average Bonchev–Trinajstić information content (AvgIpc) is 3.00. The Morgan fingerprint density at radius 2 is 1.05 bits per heavy atom.